The second kappa shape index (κ2) is 13.2. The Morgan fingerprint density at radius 1 is 0.774 bits per heavy atom. The van der Waals surface area contributed by atoms with Gasteiger partial charge in [0, 0.05) is 0 Å². The van der Waals surface area contributed by atoms with Crippen molar-refractivity contribution in [3.63, 3.8) is 0 Å². The monoisotopic (exact) mass is 432 g/mol. The van der Waals surface area contributed by atoms with Crippen LogP contribution in [0.2, 0.25) is 0 Å². The molecule has 3 aliphatic carbocycles. The molecule has 0 aromatic carbocycles. The first-order valence-corrected chi connectivity index (χ1v) is 14.3. The Morgan fingerprint density at radius 2 is 1.35 bits per heavy atom. The van der Waals surface area contributed by atoms with Crippen LogP contribution in [0.4, 0.5) is 0 Å². The summed E-state index contributed by atoms with van der Waals surface area (Å²) in [6.45, 7) is 7.04. The van der Waals surface area contributed by atoms with E-state index in [1.165, 1.54) is 89.9 Å². The van der Waals surface area contributed by atoms with Crippen molar-refractivity contribution in [2.24, 2.45) is 35.5 Å². The third-order valence-corrected chi connectivity index (χ3v) is 9.39. The lowest BCUT2D eigenvalue weighted by Gasteiger charge is -2.38. The topological polar surface area (TPSA) is 26.3 Å². The molecule has 3 aliphatic rings. The lowest BCUT2D eigenvalue weighted by atomic mass is 9.68. The second-order valence-electron chi connectivity index (χ2n) is 11.7. The summed E-state index contributed by atoms with van der Waals surface area (Å²) in [4.78, 5) is 12.8. The Bertz CT molecular complexity index is 491. The minimum absolute atomic E-state index is 0.144. The molecule has 2 nitrogen and oxygen atoms in total. The standard InChI is InChI=1S/C29H52O2/c1-4-6-7-8-23-11-19-28(20-12-23)31-29(30)27-17-15-26(16-18-27)25-13-9-24(10-14-25)21-22(3)5-2/h22-28H,4-21H2,1-3H3. The van der Waals surface area contributed by atoms with Gasteiger partial charge in [-0.3, -0.25) is 4.79 Å². The first kappa shape index (κ1) is 25.1. The van der Waals surface area contributed by atoms with Gasteiger partial charge in [0.2, 0.25) is 0 Å². The van der Waals surface area contributed by atoms with E-state index in [1.54, 1.807) is 0 Å². The molecule has 0 heterocycles. The van der Waals surface area contributed by atoms with Crippen molar-refractivity contribution in [2.45, 2.75) is 142 Å². The number of rotatable bonds is 10. The van der Waals surface area contributed by atoms with Gasteiger partial charge in [-0.15, -0.1) is 0 Å². The van der Waals surface area contributed by atoms with Crippen LogP contribution < -0.4 is 0 Å². The van der Waals surface area contributed by atoms with Crippen LogP contribution in [0.3, 0.4) is 0 Å². The minimum atomic E-state index is 0.144. The number of hydrogen-bond donors (Lipinski definition) is 0. The smallest absolute Gasteiger partial charge is 0.309 e. The molecule has 31 heavy (non-hydrogen) atoms. The van der Waals surface area contributed by atoms with Crippen LogP contribution >= 0.6 is 0 Å². The highest BCUT2D eigenvalue weighted by Gasteiger charge is 2.34. The van der Waals surface area contributed by atoms with Gasteiger partial charge in [-0.1, -0.05) is 65.7 Å². The Balaban J connectivity index is 1.30. The quantitative estimate of drug-likeness (QED) is 0.255. The summed E-state index contributed by atoms with van der Waals surface area (Å²) < 4.78 is 6.01. The Morgan fingerprint density at radius 3 is 1.94 bits per heavy atom. The summed E-state index contributed by atoms with van der Waals surface area (Å²) in [7, 11) is 0. The van der Waals surface area contributed by atoms with Crippen molar-refractivity contribution in [2.75, 3.05) is 0 Å². The van der Waals surface area contributed by atoms with Gasteiger partial charge < -0.3 is 4.74 Å². The normalized spacial score (nSPS) is 35.5. The van der Waals surface area contributed by atoms with Gasteiger partial charge in [0.25, 0.3) is 0 Å². The highest BCUT2D eigenvalue weighted by molar-refractivity contribution is 5.72. The van der Waals surface area contributed by atoms with Crippen LogP contribution in [0.15, 0.2) is 0 Å². The molecule has 3 rings (SSSR count). The molecule has 0 saturated heterocycles. The Kier molecular flexibility index (Phi) is 10.7. The maximum absolute atomic E-state index is 12.8. The second-order valence-corrected chi connectivity index (χ2v) is 11.7. The van der Waals surface area contributed by atoms with E-state index < -0.39 is 0 Å². The van der Waals surface area contributed by atoms with E-state index in [4.69, 9.17) is 4.74 Å². The molecule has 0 radical (unpaired) electrons. The maximum atomic E-state index is 12.8. The molecule has 0 amide bonds. The summed E-state index contributed by atoms with van der Waals surface area (Å²) in [5, 5.41) is 0. The number of unbranched alkanes of at least 4 members (excludes halogenated alkanes) is 2. The number of hydrogen-bond acceptors (Lipinski definition) is 2. The number of ether oxygens (including phenoxy) is 1. The molecule has 0 N–H and O–H groups in total. The van der Waals surface area contributed by atoms with Crippen molar-refractivity contribution >= 4 is 5.97 Å². The van der Waals surface area contributed by atoms with E-state index in [-0.39, 0.29) is 18.0 Å². The molecule has 180 valence electrons. The fourth-order valence-electron chi connectivity index (χ4n) is 6.94. The predicted octanol–water partition coefficient (Wildman–Crippen LogP) is 8.72. The van der Waals surface area contributed by atoms with Crippen LogP contribution in [-0.4, -0.2) is 12.1 Å². The molecule has 1 unspecified atom stereocenters. The first-order chi connectivity index (χ1) is 15.1. The molecule has 3 fully saturated rings. The maximum Gasteiger partial charge on any atom is 0.309 e. The van der Waals surface area contributed by atoms with Crippen molar-refractivity contribution in [1.29, 1.82) is 0 Å². The highest BCUT2D eigenvalue weighted by Crippen LogP contribution is 2.43. The largest absolute Gasteiger partial charge is 0.462 e. The van der Waals surface area contributed by atoms with E-state index in [0.717, 1.165) is 55.3 Å². The van der Waals surface area contributed by atoms with Crippen LogP contribution in [0.1, 0.15) is 136 Å². The van der Waals surface area contributed by atoms with Gasteiger partial charge in [0.15, 0.2) is 0 Å². The van der Waals surface area contributed by atoms with E-state index >= 15 is 0 Å². The number of carbonyl (C=O) groups is 1. The van der Waals surface area contributed by atoms with Gasteiger partial charge in [-0.25, -0.2) is 0 Å². The van der Waals surface area contributed by atoms with Crippen molar-refractivity contribution in [3.05, 3.63) is 0 Å². The molecule has 3 saturated carbocycles. The van der Waals surface area contributed by atoms with Gasteiger partial charge >= 0.3 is 5.97 Å². The summed E-state index contributed by atoms with van der Waals surface area (Å²) in [5.74, 6) is 4.93. The van der Waals surface area contributed by atoms with Crippen LogP contribution in [0.5, 0.6) is 0 Å². The zero-order chi connectivity index (χ0) is 22.1. The molecule has 0 aromatic heterocycles. The van der Waals surface area contributed by atoms with Crippen molar-refractivity contribution in [3.8, 4) is 0 Å². The first-order valence-electron chi connectivity index (χ1n) is 14.3. The minimum Gasteiger partial charge on any atom is -0.462 e. The summed E-state index contributed by atoms with van der Waals surface area (Å²) in [6, 6.07) is 0. The Labute approximate surface area is 193 Å². The number of esters is 1. The van der Waals surface area contributed by atoms with E-state index in [1.807, 2.05) is 0 Å². The van der Waals surface area contributed by atoms with Crippen molar-refractivity contribution in [1.82, 2.24) is 0 Å². The molecule has 0 aliphatic heterocycles. The average Bonchev–Trinajstić information content (AvgIpc) is 2.81. The van der Waals surface area contributed by atoms with E-state index in [0.29, 0.717) is 0 Å². The third-order valence-electron chi connectivity index (χ3n) is 9.39. The van der Waals surface area contributed by atoms with Gasteiger partial charge in [-0.05, 0) is 100 Å². The van der Waals surface area contributed by atoms with Gasteiger partial charge in [0.1, 0.15) is 6.10 Å². The van der Waals surface area contributed by atoms with Gasteiger partial charge in [0.05, 0.1) is 5.92 Å². The van der Waals surface area contributed by atoms with Crippen LogP contribution in [0, 0.1) is 35.5 Å². The summed E-state index contributed by atoms with van der Waals surface area (Å²) in [6.07, 6.45) is 23.7. The average molecular weight is 433 g/mol. The van der Waals surface area contributed by atoms with Crippen molar-refractivity contribution < 1.29 is 9.53 Å². The van der Waals surface area contributed by atoms with Crippen LogP contribution in [-0.2, 0) is 9.53 Å². The molecule has 2 heteroatoms. The molecule has 0 bridgehead atoms. The fourth-order valence-corrected chi connectivity index (χ4v) is 6.94. The van der Waals surface area contributed by atoms with Gasteiger partial charge in [-0.2, -0.15) is 0 Å². The third kappa shape index (κ3) is 8.08. The van der Waals surface area contributed by atoms with Crippen LogP contribution in [0.25, 0.3) is 0 Å². The number of carbonyl (C=O) groups excluding carboxylic acids is 1. The highest BCUT2D eigenvalue weighted by atomic mass is 16.5. The van der Waals surface area contributed by atoms with E-state index in [2.05, 4.69) is 20.8 Å². The zero-order valence-corrected chi connectivity index (χ0v) is 21.1. The summed E-state index contributed by atoms with van der Waals surface area (Å²) >= 11 is 0. The fraction of sp³-hybridized carbons (Fsp3) is 0.966. The molecule has 1 atom stereocenters. The Hall–Kier alpha value is -0.530. The molecular formula is C29H52O2. The molecular weight excluding hydrogens is 380 g/mol. The molecule has 0 spiro atoms. The zero-order valence-electron chi connectivity index (χ0n) is 21.1. The SMILES string of the molecule is CCCCCC1CCC(OC(=O)C2CCC(C3CCC(CC(C)CC)CC3)CC2)CC1. The molecule has 0 aromatic rings. The van der Waals surface area contributed by atoms with E-state index in [9.17, 15) is 4.79 Å². The predicted molar refractivity (Wildman–Crippen MR) is 131 cm³/mol. The summed E-state index contributed by atoms with van der Waals surface area (Å²) in [5.41, 5.74) is 0. The lowest BCUT2D eigenvalue weighted by molar-refractivity contribution is -0.157. The lowest BCUT2D eigenvalue weighted by Crippen LogP contribution is -2.32.